The van der Waals surface area contributed by atoms with Crippen LogP contribution in [0.4, 0.5) is 0 Å². The molecule has 1 unspecified atom stereocenters. The van der Waals surface area contributed by atoms with E-state index in [0.29, 0.717) is 35.3 Å². The molecule has 1 aliphatic rings. The Morgan fingerprint density at radius 2 is 2.03 bits per heavy atom. The van der Waals surface area contributed by atoms with E-state index in [2.05, 4.69) is 33.3 Å². The summed E-state index contributed by atoms with van der Waals surface area (Å²) in [4.78, 5) is 35.4. The summed E-state index contributed by atoms with van der Waals surface area (Å²) in [7, 11) is 0. The fraction of sp³-hybridized carbons (Fsp3) is 0.448. The molecule has 194 valence electrons. The topological polar surface area (TPSA) is 94.1 Å². The van der Waals surface area contributed by atoms with E-state index < -0.39 is 5.91 Å². The molecule has 0 radical (unpaired) electrons. The molecule has 8 heteroatoms. The largest absolute Gasteiger partial charge is 0.366 e. The minimum atomic E-state index is -0.479. The van der Waals surface area contributed by atoms with E-state index in [1.165, 1.54) is 12.7 Å². The van der Waals surface area contributed by atoms with Crippen LogP contribution in [0.1, 0.15) is 67.8 Å². The summed E-state index contributed by atoms with van der Waals surface area (Å²) in [6.07, 6.45) is 10.7. The lowest BCUT2D eigenvalue weighted by molar-refractivity contribution is -0.136. The summed E-state index contributed by atoms with van der Waals surface area (Å²) in [6, 6.07) is 8.92. The molecule has 4 rings (SSSR count). The van der Waals surface area contributed by atoms with Gasteiger partial charge < -0.3 is 15.2 Å². The Morgan fingerprint density at radius 1 is 1.22 bits per heavy atom. The summed E-state index contributed by atoms with van der Waals surface area (Å²) in [6.45, 7) is 3.98. The van der Waals surface area contributed by atoms with Crippen molar-refractivity contribution in [3.8, 4) is 11.8 Å². The molecule has 1 saturated carbocycles. The highest BCUT2D eigenvalue weighted by Gasteiger charge is 2.27. The normalized spacial score (nSPS) is 14.6. The molecule has 2 heterocycles. The van der Waals surface area contributed by atoms with Gasteiger partial charge in [0.25, 0.3) is 0 Å². The Kier molecular flexibility index (Phi) is 9.19. The number of carbonyl (C=O) groups is 2. The fourth-order valence-electron chi connectivity index (χ4n) is 5.04. The van der Waals surface area contributed by atoms with Crippen LogP contribution in [0.15, 0.2) is 42.9 Å². The van der Waals surface area contributed by atoms with E-state index in [1.807, 2.05) is 23.2 Å². The van der Waals surface area contributed by atoms with E-state index in [-0.39, 0.29) is 11.8 Å². The molecule has 7 nitrogen and oxygen atoms in total. The Balaban J connectivity index is 1.46. The van der Waals surface area contributed by atoms with Gasteiger partial charge >= 0.3 is 0 Å². The number of nitrogens with two attached hydrogens (primary N) is 1. The third-order valence-electron chi connectivity index (χ3n) is 7.26. The van der Waals surface area contributed by atoms with E-state index in [1.54, 1.807) is 18.2 Å². The van der Waals surface area contributed by atoms with Gasteiger partial charge in [0.2, 0.25) is 11.8 Å². The maximum atomic E-state index is 13.5. The number of aromatic nitrogens is 3. The maximum absolute atomic E-state index is 13.5. The van der Waals surface area contributed by atoms with Gasteiger partial charge in [0.15, 0.2) is 0 Å². The van der Waals surface area contributed by atoms with Crippen LogP contribution < -0.4 is 5.73 Å². The van der Waals surface area contributed by atoms with E-state index >= 15 is 0 Å². The summed E-state index contributed by atoms with van der Waals surface area (Å²) in [5, 5.41) is 1.31. The maximum Gasteiger partial charge on any atom is 0.248 e. The van der Waals surface area contributed by atoms with Crippen molar-refractivity contribution in [1.82, 2.24) is 19.4 Å². The summed E-state index contributed by atoms with van der Waals surface area (Å²) < 4.78 is 2.10. The molecule has 1 aliphatic carbocycles. The second-order valence-electron chi connectivity index (χ2n) is 9.77. The Hall–Kier alpha value is -3.37. The Bertz CT molecular complexity index is 1300. The zero-order valence-electron chi connectivity index (χ0n) is 21.3. The number of rotatable bonds is 9. The van der Waals surface area contributed by atoms with Gasteiger partial charge in [-0.2, -0.15) is 0 Å². The first-order valence-electron chi connectivity index (χ1n) is 13.1. The SMILES string of the molecule is CCC(CCn1ccc2c(Cl)ncnc21)CN(CC#Cc1cccc(C(N)=O)c1)C(=O)C1CCCCC1. The lowest BCUT2D eigenvalue weighted by Gasteiger charge is -2.31. The number of hydrogen-bond acceptors (Lipinski definition) is 4. The van der Waals surface area contributed by atoms with E-state index in [4.69, 9.17) is 17.3 Å². The molecule has 3 aromatic rings. The molecular formula is C29H34ClN5O2. The molecule has 2 aromatic heterocycles. The van der Waals surface area contributed by atoms with Gasteiger partial charge in [-0.25, -0.2) is 9.97 Å². The van der Waals surface area contributed by atoms with Crippen molar-refractivity contribution in [2.75, 3.05) is 13.1 Å². The average Bonchev–Trinajstić information content (AvgIpc) is 3.34. The first kappa shape index (κ1) is 26.7. The van der Waals surface area contributed by atoms with Crippen molar-refractivity contribution in [3.05, 3.63) is 59.1 Å². The summed E-state index contributed by atoms with van der Waals surface area (Å²) in [5.41, 5.74) is 7.37. The van der Waals surface area contributed by atoms with Crippen LogP contribution in [-0.2, 0) is 11.3 Å². The minimum Gasteiger partial charge on any atom is -0.366 e. The quantitative estimate of drug-likeness (QED) is 0.316. The summed E-state index contributed by atoms with van der Waals surface area (Å²) >= 11 is 6.21. The molecule has 2 amide bonds. The van der Waals surface area contributed by atoms with Gasteiger partial charge in [-0.3, -0.25) is 9.59 Å². The van der Waals surface area contributed by atoms with Gasteiger partial charge in [0.1, 0.15) is 17.1 Å². The monoisotopic (exact) mass is 519 g/mol. The number of hydrogen-bond donors (Lipinski definition) is 1. The van der Waals surface area contributed by atoms with Gasteiger partial charge in [0.05, 0.1) is 11.9 Å². The molecule has 1 atom stereocenters. The van der Waals surface area contributed by atoms with Crippen molar-refractivity contribution in [2.24, 2.45) is 17.6 Å². The number of aryl methyl sites for hydroxylation is 1. The third-order valence-corrected chi connectivity index (χ3v) is 7.56. The number of benzene rings is 1. The molecule has 1 fully saturated rings. The van der Waals surface area contributed by atoms with Gasteiger partial charge in [0, 0.05) is 36.3 Å². The number of amides is 2. The number of fused-ring (bicyclic) bond motifs is 1. The molecule has 0 aliphatic heterocycles. The highest BCUT2D eigenvalue weighted by Crippen LogP contribution is 2.27. The van der Waals surface area contributed by atoms with Crippen LogP contribution in [-0.4, -0.2) is 44.3 Å². The second kappa shape index (κ2) is 12.7. The van der Waals surface area contributed by atoms with Gasteiger partial charge in [-0.1, -0.05) is 62.1 Å². The molecule has 37 heavy (non-hydrogen) atoms. The molecule has 2 N–H and O–H groups in total. The number of halogens is 1. The molecule has 1 aromatic carbocycles. The Morgan fingerprint density at radius 3 is 2.78 bits per heavy atom. The van der Waals surface area contributed by atoms with Crippen molar-refractivity contribution < 1.29 is 9.59 Å². The zero-order valence-corrected chi connectivity index (χ0v) is 22.1. The van der Waals surface area contributed by atoms with Gasteiger partial charge in [-0.05, 0) is 49.4 Å². The minimum absolute atomic E-state index is 0.0819. The van der Waals surface area contributed by atoms with Crippen molar-refractivity contribution in [2.45, 2.75) is 58.4 Å². The number of nitrogens with zero attached hydrogens (tertiary/aromatic N) is 4. The molecule has 0 spiro atoms. The number of primary amides is 1. The lowest BCUT2D eigenvalue weighted by Crippen LogP contribution is -2.40. The van der Waals surface area contributed by atoms with Crippen LogP contribution >= 0.6 is 11.6 Å². The smallest absolute Gasteiger partial charge is 0.248 e. The Labute approximate surface area is 223 Å². The first-order chi connectivity index (χ1) is 18.0. The third kappa shape index (κ3) is 6.90. The van der Waals surface area contributed by atoms with E-state index in [9.17, 15) is 9.59 Å². The highest BCUT2D eigenvalue weighted by atomic mass is 35.5. The van der Waals surface area contributed by atoms with E-state index in [0.717, 1.165) is 56.1 Å². The number of carbonyl (C=O) groups excluding carboxylic acids is 2. The predicted molar refractivity (Wildman–Crippen MR) is 146 cm³/mol. The first-order valence-corrected chi connectivity index (χ1v) is 13.5. The second-order valence-corrected chi connectivity index (χ2v) is 10.1. The fourth-order valence-corrected chi connectivity index (χ4v) is 5.23. The molecule has 0 bridgehead atoms. The highest BCUT2D eigenvalue weighted by molar-refractivity contribution is 6.33. The van der Waals surface area contributed by atoms with Gasteiger partial charge in [-0.15, -0.1) is 0 Å². The summed E-state index contributed by atoms with van der Waals surface area (Å²) in [5.74, 6) is 6.44. The molecule has 0 saturated heterocycles. The van der Waals surface area contributed by atoms with Crippen LogP contribution in [0.3, 0.4) is 0 Å². The van der Waals surface area contributed by atoms with Crippen LogP contribution in [0, 0.1) is 23.7 Å². The lowest BCUT2D eigenvalue weighted by atomic mass is 9.88. The van der Waals surface area contributed by atoms with Crippen molar-refractivity contribution in [3.63, 3.8) is 0 Å². The van der Waals surface area contributed by atoms with Crippen molar-refractivity contribution >= 4 is 34.4 Å². The van der Waals surface area contributed by atoms with Crippen molar-refractivity contribution in [1.29, 1.82) is 0 Å². The zero-order chi connectivity index (χ0) is 26.2. The van der Waals surface area contributed by atoms with Crippen LogP contribution in [0.2, 0.25) is 5.15 Å². The standard InChI is InChI=1S/C29H34ClN5O2/c1-2-21(13-16-34-17-14-25-26(30)32-20-33-28(25)34)19-35(29(37)23-10-4-3-5-11-23)15-7-9-22-8-6-12-24(18-22)27(31)36/h6,8,12,14,17-18,20-21,23H,2-5,10-11,13,15-16,19H2,1H3,(H2,31,36). The predicted octanol–water partition coefficient (Wildman–Crippen LogP) is 5.06. The molecular weight excluding hydrogens is 486 g/mol. The average molecular weight is 520 g/mol. The van der Waals surface area contributed by atoms with Crippen LogP contribution in [0.5, 0.6) is 0 Å². The van der Waals surface area contributed by atoms with Crippen LogP contribution in [0.25, 0.3) is 11.0 Å².